The number of rotatable bonds is 2. The summed E-state index contributed by atoms with van der Waals surface area (Å²) in [5, 5.41) is 0. The smallest absolute Gasteiger partial charge is 0.246 e. The third-order valence-corrected chi connectivity index (χ3v) is 2.92. The molecule has 0 atom stereocenters. The van der Waals surface area contributed by atoms with Crippen molar-refractivity contribution in [2.45, 2.75) is 12.8 Å². The van der Waals surface area contributed by atoms with Crippen LogP contribution in [-0.2, 0) is 9.59 Å². The van der Waals surface area contributed by atoms with Crippen LogP contribution >= 0.6 is 0 Å². The molecule has 0 bridgehead atoms. The lowest BCUT2D eigenvalue weighted by molar-refractivity contribution is -0.130. The van der Waals surface area contributed by atoms with Gasteiger partial charge in [-0.3, -0.25) is 9.59 Å². The van der Waals surface area contributed by atoms with E-state index >= 15 is 0 Å². The number of likely N-dealkylation sites (tertiary alicyclic amines) is 1. The molecule has 1 aliphatic rings. The Morgan fingerprint density at radius 1 is 1.17 bits per heavy atom. The first-order valence-electron chi connectivity index (χ1n) is 5.89. The molecule has 2 rings (SSSR count). The third-order valence-electron chi connectivity index (χ3n) is 2.92. The first kappa shape index (κ1) is 12.5. The van der Waals surface area contributed by atoms with Gasteiger partial charge in [0.2, 0.25) is 5.91 Å². The van der Waals surface area contributed by atoms with E-state index in [2.05, 4.69) is 0 Å². The van der Waals surface area contributed by atoms with E-state index in [9.17, 15) is 14.0 Å². The van der Waals surface area contributed by atoms with Crippen LogP contribution in [0.25, 0.3) is 6.08 Å². The van der Waals surface area contributed by atoms with Gasteiger partial charge in [0.1, 0.15) is 11.6 Å². The molecule has 0 aliphatic carbocycles. The number of Topliss-reactive ketones (excluding diaryl/α,β-unsaturated/α-hetero) is 1. The number of hydrogen-bond donors (Lipinski definition) is 0. The zero-order valence-electron chi connectivity index (χ0n) is 9.93. The molecule has 1 amide bonds. The van der Waals surface area contributed by atoms with E-state index in [1.807, 2.05) is 0 Å². The van der Waals surface area contributed by atoms with Crippen LogP contribution in [0.2, 0.25) is 0 Å². The highest BCUT2D eigenvalue weighted by Gasteiger charge is 2.18. The van der Waals surface area contributed by atoms with Crippen molar-refractivity contribution in [3.05, 3.63) is 41.7 Å². The number of piperidine rings is 1. The Balaban J connectivity index is 1.94. The first-order chi connectivity index (χ1) is 8.65. The molecule has 0 unspecified atom stereocenters. The van der Waals surface area contributed by atoms with Crippen LogP contribution in [0.4, 0.5) is 4.39 Å². The summed E-state index contributed by atoms with van der Waals surface area (Å²) >= 11 is 0. The van der Waals surface area contributed by atoms with Crippen molar-refractivity contribution in [2.75, 3.05) is 13.1 Å². The maximum Gasteiger partial charge on any atom is 0.246 e. The second-order valence-electron chi connectivity index (χ2n) is 4.25. The minimum Gasteiger partial charge on any atom is -0.338 e. The van der Waals surface area contributed by atoms with Crippen molar-refractivity contribution < 1.29 is 14.0 Å². The van der Waals surface area contributed by atoms with Gasteiger partial charge in [0.05, 0.1) is 0 Å². The molecular formula is C14H14FNO2. The van der Waals surface area contributed by atoms with E-state index in [1.165, 1.54) is 18.2 Å². The molecule has 4 heteroatoms. The van der Waals surface area contributed by atoms with E-state index < -0.39 is 0 Å². The molecule has 1 aromatic rings. The fourth-order valence-electron chi connectivity index (χ4n) is 1.82. The van der Waals surface area contributed by atoms with Crippen molar-refractivity contribution in [3.8, 4) is 0 Å². The summed E-state index contributed by atoms with van der Waals surface area (Å²) in [4.78, 5) is 24.5. The average Bonchev–Trinajstić information content (AvgIpc) is 2.38. The molecule has 18 heavy (non-hydrogen) atoms. The minimum atomic E-state index is -0.298. The highest BCUT2D eigenvalue weighted by molar-refractivity contribution is 5.93. The van der Waals surface area contributed by atoms with Crippen LogP contribution in [0.3, 0.4) is 0 Å². The first-order valence-corrected chi connectivity index (χ1v) is 5.89. The summed E-state index contributed by atoms with van der Waals surface area (Å²) in [6, 6.07) is 5.92. The lowest BCUT2D eigenvalue weighted by Gasteiger charge is -2.24. The number of ketones is 1. The van der Waals surface area contributed by atoms with E-state index in [0.717, 1.165) is 5.56 Å². The van der Waals surface area contributed by atoms with Gasteiger partial charge in [0, 0.05) is 32.0 Å². The van der Waals surface area contributed by atoms with Crippen LogP contribution < -0.4 is 0 Å². The fourth-order valence-corrected chi connectivity index (χ4v) is 1.82. The van der Waals surface area contributed by atoms with Gasteiger partial charge >= 0.3 is 0 Å². The Hall–Kier alpha value is -1.97. The molecule has 94 valence electrons. The Morgan fingerprint density at radius 3 is 2.39 bits per heavy atom. The number of hydrogen-bond acceptors (Lipinski definition) is 2. The lowest BCUT2D eigenvalue weighted by atomic mass is 10.1. The highest BCUT2D eigenvalue weighted by Crippen LogP contribution is 2.08. The molecule has 1 aliphatic heterocycles. The van der Waals surface area contributed by atoms with Crippen LogP contribution in [0, 0.1) is 5.82 Å². The Labute approximate surface area is 105 Å². The molecule has 0 aromatic heterocycles. The number of carbonyl (C=O) groups is 2. The average molecular weight is 247 g/mol. The topological polar surface area (TPSA) is 37.4 Å². The second kappa shape index (κ2) is 5.58. The monoisotopic (exact) mass is 247 g/mol. The number of nitrogens with zero attached hydrogens (tertiary/aromatic N) is 1. The largest absolute Gasteiger partial charge is 0.338 e. The zero-order valence-corrected chi connectivity index (χ0v) is 9.93. The number of amides is 1. The van der Waals surface area contributed by atoms with E-state index in [1.54, 1.807) is 23.1 Å². The standard InChI is InChI=1S/C14H14FNO2/c15-12-4-1-11(2-5-12)3-6-14(18)16-9-7-13(17)8-10-16/h1-6H,7-10H2/b6-3+. The Morgan fingerprint density at radius 2 is 1.78 bits per heavy atom. The number of carbonyl (C=O) groups excluding carboxylic acids is 2. The molecule has 0 radical (unpaired) electrons. The van der Waals surface area contributed by atoms with Crippen molar-refractivity contribution in [3.63, 3.8) is 0 Å². The van der Waals surface area contributed by atoms with Gasteiger partial charge in [0.15, 0.2) is 0 Å². The van der Waals surface area contributed by atoms with Gasteiger partial charge in [-0.2, -0.15) is 0 Å². The van der Waals surface area contributed by atoms with E-state index in [4.69, 9.17) is 0 Å². The summed E-state index contributed by atoms with van der Waals surface area (Å²) in [6.07, 6.45) is 3.99. The lowest BCUT2D eigenvalue weighted by Crippen LogP contribution is -2.37. The predicted molar refractivity (Wildman–Crippen MR) is 66.3 cm³/mol. The molecule has 0 spiro atoms. The van der Waals surface area contributed by atoms with Crippen molar-refractivity contribution in [1.82, 2.24) is 4.90 Å². The van der Waals surface area contributed by atoms with Crippen LogP contribution in [0.15, 0.2) is 30.3 Å². The van der Waals surface area contributed by atoms with E-state index in [0.29, 0.717) is 25.9 Å². The Bertz CT molecular complexity index is 469. The van der Waals surface area contributed by atoms with Gasteiger partial charge in [-0.25, -0.2) is 4.39 Å². The molecule has 1 aromatic carbocycles. The van der Waals surface area contributed by atoms with Crippen molar-refractivity contribution >= 4 is 17.8 Å². The van der Waals surface area contributed by atoms with Gasteiger partial charge < -0.3 is 4.90 Å². The zero-order chi connectivity index (χ0) is 13.0. The normalized spacial score (nSPS) is 16.3. The quantitative estimate of drug-likeness (QED) is 0.750. The molecular weight excluding hydrogens is 233 g/mol. The van der Waals surface area contributed by atoms with E-state index in [-0.39, 0.29) is 17.5 Å². The van der Waals surface area contributed by atoms with Crippen molar-refractivity contribution in [1.29, 1.82) is 0 Å². The van der Waals surface area contributed by atoms with Gasteiger partial charge in [0.25, 0.3) is 0 Å². The summed E-state index contributed by atoms with van der Waals surface area (Å²) < 4.78 is 12.7. The van der Waals surface area contributed by atoms with Gasteiger partial charge in [-0.05, 0) is 23.8 Å². The molecule has 0 saturated carbocycles. The summed E-state index contributed by atoms with van der Waals surface area (Å²) in [5.74, 6) is -0.193. The predicted octanol–water partition coefficient (Wildman–Crippen LogP) is 2.03. The Kier molecular flexibility index (Phi) is 3.87. The van der Waals surface area contributed by atoms with Crippen LogP contribution in [-0.4, -0.2) is 29.7 Å². The highest BCUT2D eigenvalue weighted by atomic mass is 19.1. The molecule has 0 N–H and O–H groups in total. The third kappa shape index (κ3) is 3.26. The maximum atomic E-state index is 12.7. The number of halogens is 1. The summed E-state index contributed by atoms with van der Waals surface area (Å²) in [5.41, 5.74) is 0.776. The van der Waals surface area contributed by atoms with Gasteiger partial charge in [-0.1, -0.05) is 12.1 Å². The van der Waals surface area contributed by atoms with Crippen molar-refractivity contribution in [2.24, 2.45) is 0 Å². The SMILES string of the molecule is O=C1CCN(C(=O)/C=C/c2ccc(F)cc2)CC1. The minimum absolute atomic E-state index is 0.105. The fraction of sp³-hybridized carbons (Fsp3) is 0.286. The summed E-state index contributed by atoms with van der Waals surface area (Å²) in [6.45, 7) is 0.983. The number of benzene rings is 1. The molecule has 3 nitrogen and oxygen atoms in total. The molecule has 1 saturated heterocycles. The molecule has 1 fully saturated rings. The maximum absolute atomic E-state index is 12.7. The summed E-state index contributed by atoms with van der Waals surface area (Å²) in [7, 11) is 0. The molecule has 1 heterocycles. The van der Waals surface area contributed by atoms with Crippen LogP contribution in [0.5, 0.6) is 0 Å². The van der Waals surface area contributed by atoms with Crippen LogP contribution in [0.1, 0.15) is 18.4 Å². The van der Waals surface area contributed by atoms with Gasteiger partial charge in [-0.15, -0.1) is 0 Å². The second-order valence-corrected chi connectivity index (χ2v) is 4.25.